The van der Waals surface area contributed by atoms with E-state index in [1.54, 1.807) is 4.90 Å². The summed E-state index contributed by atoms with van der Waals surface area (Å²) in [5.41, 5.74) is 0. The van der Waals surface area contributed by atoms with Crippen LogP contribution in [0.25, 0.3) is 0 Å². The second-order valence-corrected chi connectivity index (χ2v) is 2.38. The Kier molecular flexibility index (Phi) is 2.60. The Hall–Kier alpha value is -0.660. The van der Waals surface area contributed by atoms with Crippen molar-refractivity contribution in [1.29, 1.82) is 5.26 Å². The topological polar surface area (TPSA) is 39.1 Å². The van der Waals surface area contributed by atoms with Crippen LogP contribution in [0.15, 0.2) is 0 Å². The fourth-order valence-corrected chi connectivity index (χ4v) is 1.01. The van der Waals surface area contributed by atoms with Crippen molar-refractivity contribution in [3.8, 4) is 6.07 Å². The van der Waals surface area contributed by atoms with Gasteiger partial charge in [0.15, 0.2) is 0 Å². The highest BCUT2D eigenvalue weighted by molar-refractivity contribution is 4.81. The average molecular weight is 143 g/mol. The second kappa shape index (κ2) is 3.49. The molecule has 1 atom stereocenters. The summed E-state index contributed by atoms with van der Waals surface area (Å²) in [7, 11) is 0. The van der Waals surface area contributed by atoms with E-state index in [4.69, 9.17) is 5.26 Å². The third-order valence-electron chi connectivity index (χ3n) is 1.45. The van der Waals surface area contributed by atoms with Gasteiger partial charge in [0, 0.05) is 19.8 Å². The molecule has 4 heteroatoms. The molecular formula is C6H10FN3. The maximum Gasteiger partial charge on any atom is 0.125 e. The van der Waals surface area contributed by atoms with Gasteiger partial charge < -0.3 is 5.32 Å². The predicted molar refractivity (Wildman–Crippen MR) is 35.0 cm³/mol. The van der Waals surface area contributed by atoms with Crippen molar-refractivity contribution in [3.63, 3.8) is 0 Å². The van der Waals surface area contributed by atoms with Crippen LogP contribution in [0.1, 0.15) is 0 Å². The molecule has 0 spiro atoms. The van der Waals surface area contributed by atoms with Gasteiger partial charge in [0.25, 0.3) is 0 Å². The molecule has 1 aliphatic rings. The SMILES string of the molecule is N#CCN1CNCC(F)C1. The van der Waals surface area contributed by atoms with E-state index < -0.39 is 6.17 Å². The molecular weight excluding hydrogens is 133 g/mol. The summed E-state index contributed by atoms with van der Waals surface area (Å²) in [6.07, 6.45) is -0.818. The standard InChI is InChI=1S/C6H10FN3/c7-6-3-9-5-10(4-6)2-1-8/h6,9H,2-5H2. The van der Waals surface area contributed by atoms with Crippen molar-refractivity contribution in [1.82, 2.24) is 10.2 Å². The van der Waals surface area contributed by atoms with E-state index in [9.17, 15) is 4.39 Å². The molecule has 56 valence electrons. The van der Waals surface area contributed by atoms with Crippen LogP contribution < -0.4 is 5.32 Å². The zero-order valence-corrected chi connectivity index (χ0v) is 5.68. The number of nitrogens with one attached hydrogen (secondary N) is 1. The minimum Gasteiger partial charge on any atom is -0.301 e. The first-order valence-corrected chi connectivity index (χ1v) is 3.27. The Morgan fingerprint density at radius 1 is 1.80 bits per heavy atom. The molecule has 1 saturated heterocycles. The van der Waals surface area contributed by atoms with Crippen molar-refractivity contribution >= 4 is 0 Å². The first kappa shape index (κ1) is 7.45. The molecule has 1 rings (SSSR count). The number of hydrogen-bond donors (Lipinski definition) is 1. The van der Waals surface area contributed by atoms with Crippen LogP contribution in [-0.4, -0.2) is 37.4 Å². The van der Waals surface area contributed by atoms with Gasteiger partial charge in [0.05, 0.1) is 12.6 Å². The third-order valence-corrected chi connectivity index (χ3v) is 1.45. The third kappa shape index (κ3) is 1.94. The van der Waals surface area contributed by atoms with Crippen LogP contribution >= 0.6 is 0 Å². The van der Waals surface area contributed by atoms with E-state index in [0.29, 0.717) is 26.3 Å². The maximum absolute atomic E-state index is 12.5. The van der Waals surface area contributed by atoms with Gasteiger partial charge in [-0.25, -0.2) is 4.39 Å². The van der Waals surface area contributed by atoms with Crippen LogP contribution in [0, 0.1) is 11.3 Å². The van der Waals surface area contributed by atoms with E-state index in [0.717, 1.165) is 0 Å². The van der Waals surface area contributed by atoms with Crippen LogP contribution in [0.4, 0.5) is 4.39 Å². The summed E-state index contributed by atoms with van der Waals surface area (Å²) in [4.78, 5) is 1.74. The van der Waals surface area contributed by atoms with Gasteiger partial charge in [-0.15, -0.1) is 0 Å². The van der Waals surface area contributed by atoms with Crippen molar-refractivity contribution in [2.45, 2.75) is 6.17 Å². The number of halogens is 1. The van der Waals surface area contributed by atoms with Gasteiger partial charge >= 0.3 is 0 Å². The fraction of sp³-hybridized carbons (Fsp3) is 0.833. The molecule has 1 unspecified atom stereocenters. The Labute approximate surface area is 59.4 Å². The number of nitrogens with zero attached hydrogens (tertiary/aromatic N) is 2. The van der Waals surface area contributed by atoms with Gasteiger partial charge in [-0.2, -0.15) is 5.26 Å². The molecule has 1 N–H and O–H groups in total. The molecule has 3 nitrogen and oxygen atoms in total. The molecule has 0 amide bonds. The maximum atomic E-state index is 12.5. The van der Waals surface area contributed by atoms with E-state index in [1.807, 2.05) is 6.07 Å². The molecule has 0 aromatic rings. The van der Waals surface area contributed by atoms with Crippen LogP contribution in [0.3, 0.4) is 0 Å². The van der Waals surface area contributed by atoms with Crippen molar-refractivity contribution in [3.05, 3.63) is 0 Å². The lowest BCUT2D eigenvalue weighted by atomic mass is 10.3. The van der Waals surface area contributed by atoms with Gasteiger partial charge in [-0.3, -0.25) is 4.90 Å². The summed E-state index contributed by atoms with van der Waals surface area (Å²) in [5.74, 6) is 0. The molecule has 1 fully saturated rings. The highest BCUT2D eigenvalue weighted by atomic mass is 19.1. The lowest BCUT2D eigenvalue weighted by Crippen LogP contribution is -2.48. The molecule has 0 bridgehead atoms. The van der Waals surface area contributed by atoms with Crippen molar-refractivity contribution < 1.29 is 4.39 Å². The van der Waals surface area contributed by atoms with Gasteiger partial charge in [0.1, 0.15) is 6.17 Å². The fourth-order valence-electron chi connectivity index (χ4n) is 1.01. The molecule has 0 aliphatic carbocycles. The molecule has 0 radical (unpaired) electrons. The molecule has 0 aromatic heterocycles. The smallest absolute Gasteiger partial charge is 0.125 e. The highest BCUT2D eigenvalue weighted by Gasteiger charge is 2.17. The zero-order valence-electron chi connectivity index (χ0n) is 5.68. The summed E-state index contributed by atoms with van der Waals surface area (Å²) in [6.45, 7) is 1.75. The monoisotopic (exact) mass is 143 g/mol. The van der Waals surface area contributed by atoms with Gasteiger partial charge in [-0.05, 0) is 0 Å². The summed E-state index contributed by atoms with van der Waals surface area (Å²) >= 11 is 0. The molecule has 10 heavy (non-hydrogen) atoms. The summed E-state index contributed by atoms with van der Waals surface area (Å²) in [6, 6.07) is 1.98. The quantitative estimate of drug-likeness (QED) is 0.513. The molecule has 1 aliphatic heterocycles. The Morgan fingerprint density at radius 3 is 3.20 bits per heavy atom. The lowest BCUT2D eigenvalue weighted by Gasteiger charge is -2.27. The Balaban J connectivity index is 2.27. The first-order chi connectivity index (χ1) is 4.83. The normalized spacial score (nSPS) is 27.8. The summed E-state index contributed by atoms with van der Waals surface area (Å²) < 4.78 is 12.5. The van der Waals surface area contributed by atoms with Gasteiger partial charge in [0.2, 0.25) is 0 Å². The van der Waals surface area contributed by atoms with Crippen LogP contribution in [0.5, 0.6) is 0 Å². The lowest BCUT2D eigenvalue weighted by molar-refractivity contribution is 0.147. The van der Waals surface area contributed by atoms with E-state index in [1.165, 1.54) is 0 Å². The Bertz CT molecular complexity index is 142. The predicted octanol–water partition coefficient (Wildman–Crippen LogP) is -0.289. The number of alkyl halides is 1. The highest BCUT2D eigenvalue weighted by Crippen LogP contribution is 1.99. The zero-order chi connectivity index (χ0) is 7.40. The van der Waals surface area contributed by atoms with Gasteiger partial charge in [-0.1, -0.05) is 0 Å². The van der Waals surface area contributed by atoms with Crippen molar-refractivity contribution in [2.75, 3.05) is 26.3 Å². The second-order valence-electron chi connectivity index (χ2n) is 2.38. The molecule has 0 aromatic carbocycles. The van der Waals surface area contributed by atoms with Crippen LogP contribution in [-0.2, 0) is 0 Å². The van der Waals surface area contributed by atoms with Crippen LogP contribution in [0.2, 0.25) is 0 Å². The average Bonchev–Trinajstić information content (AvgIpc) is 1.88. The number of rotatable bonds is 1. The summed E-state index contributed by atoms with van der Waals surface area (Å²) in [5, 5.41) is 11.1. The van der Waals surface area contributed by atoms with E-state index >= 15 is 0 Å². The largest absolute Gasteiger partial charge is 0.301 e. The van der Waals surface area contributed by atoms with Crippen molar-refractivity contribution in [2.24, 2.45) is 0 Å². The first-order valence-electron chi connectivity index (χ1n) is 3.27. The Morgan fingerprint density at radius 2 is 2.60 bits per heavy atom. The van der Waals surface area contributed by atoms with E-state index in [2.05, 4.69) is 5.32 Å². The molecule has 1 heterocycles. The minimum atomic E-state index is -0.818. The van der Waals surface area contributed by atoms with E-state index in [-0.39, 0.29) is 0 Å². The minimum absolute atomic E-state index is 0.313. The molecule has 0 saturated carbocycles. The number of hydrogen-bond acceptors (Lipinski definition) is 3. The number of nitriles is 1.